The van der Waals surface area contributed by atoms with Gasteiger partial charge >= 0.3 is 0 Å². The normalized spacial score (nSPS) is 10.9. The van der Waals surface area contributed by atoms with E-state index >= 15 is 0 Å². The van der Waals surface area contributed by atoms with Crippen LogP contribution in [0, 0.1) is 0 Å². The molecular weight excluding hydrogens is 434 g/mol. The summed E-state index contributed by atoms with van der Waals surface area (Å²) < 4.78 is 25.7. The van der Waals surface area contributed by atoms with E-state index in [9.17, 15) is 0 Å². The average Bonchev–Trinajstić information content (AvgIpc) is 2.63. The van der Waals surface area contributed by atoms with Gasteiger partial charge in [-0.05, 0) is 36.4 Å². The maximum Gasteiger partial charge on any atom is 0.282 e. The van der Waals surface area contributed by atoms with Crippen LogP contribution in [0.5, 0.6) is 0 Å². The molecule has 0 radical (unpaired) electrons. The van der Waals surface area contributed by atoms with Crippen molar-refractivity contribution in [3.05, 3.63) is 91.0 Å². The monoisotopic (exact) mass is 452 g/mol. The molecule has 3 aromatic carbocycles. The Labute approximate surface area is 152 Å². The lowest BCUT2D eigenvalue weighted by Gasteiger charge is -2.22. The highest BCUT2D eigenvalue weighted by Gasteiger charge is 2.39. The van der Waals surface area contributed by atoms with Gasteiger partial charge in [-0.3, -0.25) is 0 Å². The molecule has 0 saturated heterocycles. The van der Waals surface area contributed by atoms with Gasteiger partial charge in [0.15, 0.2) is 0 Å². The molecule has 0 N–H and O–H groups in total. The van der Waals surface area contributed by atoms with Gasteiger partial charge < -0.3 is 10.3 Å². The van der Waals surface area contributed by atoms with Gasteiger partial charge in [0.2, 0.25) is 0 Å². The summed E-state index contributed by atoms with van der Waals surface area (Å²) in [4.78, 5) is 0. The van der Waals surface area contributed by atoms with Crippen LogP contribution in [0.4, 0.5) is 0 Å². The summed E-state index contributed by atoms with van der Waals surface area (Å²) in [6, 6.07) is 32.6. The Morgan fingerprint density at radius 2 is 0.750 bits per heavy atom. The van der Waals surface area contributed by atoms with E-state index in [1.165, 1.54) is 15.9 Å². The van der Waals surface area contributed by atoms with Crippen LogP contribution in [0.25, 0.3) is 0 Å². The molecule has 3 nitrogen and oxygen atoms in total. The van der Waals surface area contributed by atoms with Crippen molar-refractivity contribution in [1.82, 2.24) is 0 Å². The molecule has 0 bridgehead atoms. The van der Waals surface area contributed by atoms with Crippen LogP contribution in [0.2, 0.25) is 0 Å². The Kier molecular flexibility index (Phi) is 7.34. The number of rotatable bonds is 3. The first kappa shape index (κ1) is 19.0. The minimum Gasteiger partial charge on any atom is -0.427 e. The van der Waals surface area contributed by atoms with Crippen LogP contribution in [0.15, 0.2) is 91.0 Å². The van der Waals surface area contributed by atoms with E-state index in [1.54, 1.807) is 0 Å². The molecule has 24 heavy (non-hydrogen) atoms. The summed E-state index contributed by atoms with van der Waals surface area (Å²) >= 11 is -4.01. The Morgan fingerprint density at radius 1 is 0.542 bits per heavy atom. The third-order valence-electron chi connectivity index (χ3n) is 3.82. The van der Waals surface area contributed by atoms with Crippen molar-refractivity contribution in [3.63, 3.8) is 0 Å². The molecule has 0 aromatic heterocycles. The van der Waals surface area contributed by atoms with Gasteiger partial charge in [-0.25, -0.2) is 0 Å². The average molecular weight is 452 g/mol. The molecule has 0 aliphatic rings. The lowest BCUT2D eigenvalue weighted by Crippen LogP contribution is -4.05. The quantitative estimate of drug-likeness (QED) is 0.316. The first-order chi connectivity index (χ1) is 11.5. The molecule has 5 heteroatoms. The fourth-order valence-corrected chi connectivity index (χ4v) is 5.83. The van der Waals surface area contributed by atoms with Crippen molar-refractivity contribution in [2.75, 3.05) is 6.66 Å². The third-order valence-corrected chi connectivity index (χ3v) is 7.81. The van der Waals surface area contributed by atoms with Crippen molar-refractivity contribution >= 4 is 23.2 Å². The van der Waals surface area contributed by atoms with Gasteiger partial charge in [0.25, 0.3) is 21.1 Å². The number of halogens is 1. The minimum absolute atomic E-state index is 1.43. The SMILES string of the molecule is C[P+](c1ccccc1)(c1ccccc1)c1ccccc1.[O-][I+2]([O-])[O-]. The van der Waals surface area contributed by atoms with Crippen molar-refractivity contribution in [1.29, 1.82) is 0 Å². The van der Waals surface area contributed by atoms with Crippen LogP contribution in [-0.2, 0) is 0 Å². The van der Waals surface area contributed by atoms with Crippen molar-refractivity contribution in [2.24, 2.45) is 0 Å². The lowest BCUT2D eigenvalue weighted by molar-refractivity contribution is -1.73. The van der Waals surface area contributed by atoms with Crippen LogP contribution in [0.1, 0.15) is 0 Å². The van der Waals surface area contributed by atoms with E-state index in [1.807, 2.05) is 0 Å². The van der Waals surface area contributed by atoms with E-state index in [2.05, 4.69) is 97.7 Å². The van der Waals surface area contributed by atoms with Gasteiger partial charge in [0, 0.05) is 0 Å². The van der Waals surface area contributed by atoms with Crippen molar-refractivity contribution in [2.45, 2.75) is 0 Å². The maximum atomic E-state index is 8.57. The first-order valence-corrected chi connectivity index (χ1v) is 12.2. The fraction of sp³-hybridized carbons (Fsp3) is 0.0526. The third kappa shape index (κ3) is 4.85. The maximum absolute atomic E-state index is 8.57. The largest absolute Gasteiger partial charge is 0.427 e. The van der Waals surface area contributed by atoms with Crippen molar-refractivity contribution in [3.8, 4) is 0 Å². The molecule has 0 amide bonds. The summed E-state index contributed by atoms with van der Waals surface area (Å²) in [7, 11) is -1.53. The predicted octanol–water partition coefficient (Wildman–Crippen LogP) is -2.95. The topological polar surface area (TPSA) is 69.2 Å². The van der Waals surface area contributed by atoms with E-state index < -0.39 is 28.3 Å². The Morgan fingerprint density at radius 3 is 0.958 bits per heavy atom. The van der Waals surface area contributed by atoms with E-state index in [-0.39, 0.29) is 0 Å². The van der Waals surface area contributed by atoms with Gasteiger partial charge in [-0.15, -0.1) is 0 Å². The Bertz CT molecular complexity index is 622. The van der Waals surface area contributed by atoms with Gasteiger partial charge in [-0.1, -0.05) is 54.6 Å². The fourth-order valence-electron chi connectivity index (χ4n) is 2.63. The second-order valence-electron chi connectivity index (χ2n) is 5.20. The number of hydrogen-bond acceptors (Lipinski definition) is 3. The molecular formula is C19H18IO3P. The summed E-state index contributed by atoms with van der Waals surface area (Å²) in [6.45, 7) is 2.41. The molecule has 0 aliphatic heterocycles. The predicted molar refractivity (Wildman–Crippen MR) is 91.1 cm³/mol. The van der Waals surface area contributed by atoms with Crippen LogP contribution < -0.4 is 47.3 Å². The highest BCUT2D eigenvalue weighted by Crippen LogP contribution is 2.51. The highest BCUT2D eigenvalue weighted by molar-refractivity contribution is 7.95. The Hall–Kier alpha value is -1.30. The molecule has 0 spiro atoms. The van der Waals surface area contributed by atoms with E-state index in [4.69, 9.17) is 10.3 Å². The Balaban J connectivity index is 0.000000471. The lowest BCUT2D eigenvalue weighted by atomic mass is 10.4. The summed E-state index contributed by atoms with van der Waals surface area (Å²) in [6.07, 6.45) is 0. The zero-order chi connectivity index (χ0) is 17.4. The van der Waals surface area contributed by atoms with Gasteiger partial charge in [-0.2, -0.15) is 0 Å². The van der Waals surface area contributed by atoms with E-state index in [0.29, 0.717) is 0 Å². The molecule has 0 fully saturated rings. The molecule has 3 rings (SSSR count). The first-order valence-electron chi connectivity index (χ1n) is 7.31. The molecule has 0 saturated carbocycles. The second-order valence-corrected chi connectivity index (χ2v) is 9.84. The van der Waals surface area contributed by atoms with Gasteiger partial charge in [0.05, 0.1) is 6.66 Å². The zero-order valence-corrected chi connectivity index (χ0v) is 16.3. The molecule has 0 aliphatic carbocycles. The molecule has 0 atom stereocenters. The van der Waals surface area contributed by atoms with E-state index in [0.717, 1.165) is 0 Å². The van der Waals surface area contributed by atoms with Crippen LogP contribution >= 0.6 is 7.26 Å². The zero-order valence-electron chi connectivity index (χ0n) is 13.2. The van der Waals surface area contributed by atoms with Crippen molar-refractivity contribution < 1.29 is 31.4 Å². The standard InChI is InChI=1S/C19H18P.IO3/c1-20(17-11-5-2-6-12-17,18-13-7-3-8-14-18)19-15-9-4-10-16-19;2-1(3)4/h2-16H,1H3;/q+1;-1. The van der Waals surface area contributed by atoms with Gasteiger partial charge in [0.1, 0.15) is 23.2 Å². The molecule has 3 aromatic rings. The second kappa shape index (κ2) is 9.25. The molecule has 0 heterocycles. The van der Waals surface area contributed by atoms with Crippen LogP contribution in [-0.4, -0.2) is 6.66 Å². The molecule has 0 unspecified atom stereocenters. The number of benzene rings is 3. The summed E-state index contributed by atoms with van der Waals surface area (Å²) in [5.41, 5.74) is 0. The summed E-state index contributed by atoms with van der Waals surface area (Å²) in [5, 5.41) is 4.28. The highest BCUT2D eigenvalue weighted by atomic mass is 127. The van der Waals surface area contributed by atoms with Crippen LogP contribution in [0.3, 0.4) is 0 Å². The minimum atomic E-state index is -4.01. The molecule has 124 valence electrons. The smallest absolute Gasteiger partial charge is 0.282 e. The number of hydrogen-bond donors (Lipinski definition) is 0. The summed E-state index contributed by atoms with van der Waals surface area (Å²) in [5.74, 6) is 0.